The van der Waals surface area contributed by atoms with Crippen LogP contribution in [0.2, 0.25) is 0 Å². The predicted molar refractivity (Wildman–Crippen MR) is 75.7 cm³/mol. The van der Waals surface area contributed by atoms with Crippen LogP contribution < -0.4 is 10.1 Å². The molecule has 0 fully saturated rings. The van der Waals surface area contributed by atoms with E-state index in [1.165, 1.54) is 25.3 Å². The Morgan fingerprint density at radius 1 is 1.14 bits per heavy atom. The summed E-state index contributed by atoms with van der Waals surface area (Å²) in [7, 11) is 1.50. The molecule has 8 nitrogen and oxygen atoms in total. The molecule has 0 unspecified atom stereocenters. The summed E-state index contributed by atoms with van der Waals surface area (Å²) < 4.78 is 4.97. The highest BCUT2D eigenvalue weighted by atomic mass is 16.6. The van der Waals surface area contributed by atoms with Gasteiger partial charge in [0.15, 0.2) is 0 Å². The molecule has 112 valence electrons. The number of hydrogen-bond acceptors (Lipinski definition) is 6. The van der Waals surface area contributed by atoms with Crippen molar-refractivity contribution in [2.75, 3.05) is 7.11 Å². The molecular weight excluding hydrogens is 290 g/mol. The van der Waals surface area contributed by atoms with Crippen LogP contribution in [0.15, 0.2) is 42.6 Å². The molecule has 0 aliphatic heterocycles. The number of carbonyl (C=O) groups excluding carboxylic acids is 2. The van der Waals surface area contributed by atoms with Crippen LogP contribution in [0, 0.1) is 10.1 Å². The van der Waals surface area contributed by atoms with Crippen molar-refractivity contribution in [1.82, 2.24) is 10.3 Å². The average molecular weight is 301 g/mol. The van der Waals surface area contributed by atoms with Crippen LogP contribution >= 0.6 is 0 Å². The molecule has 0 spiro atoms. The Kier molecular flexibility index (Phi) is 4.42. The maximum absolute atomic E-state index is 11.9. The Hall–Kier alpha value is -3.29. The first-order valence-corrected chi connectivity index (χ1v) is 6.11. The number of carbonyl (C=O) groups is 2. The quantitative estimate of drug-likeness (QED) is 0.521. The number of ether oxygens (including phenoxy) is 1. The van der Waals surface area contributed by atoms with Crippen LogP contribution in [0.3, 0.4) is 0 Å². The lowest BCUT2D eigenvalue weighted by atomic mass is 10.2. The molecule has 0 saturated heterocycles. The summed E-state index contributed by atoms with van der Waals surface area (Å²) in [6.07, 6.45) is 0.951. The molecule has 0 radical (unpaired) electrons. The lowest BCUT2D eigenvalue weighted by molar-refractivity contribution is -0.385. The highest BCUT2D eigenvalue weighted by molar-refractivity contribution is 6.09. The number of nitro groups is 1. The van der Waals surface area contributed by atoms with Gasteiger partial charge in [0, 0.05) is 11.6 Å². The number of nitrogens with zero attached hydrogens (tertiary/aromatic N) is 2. The van der Waals surface area contributed by atoms with Gasteiger partial charge in [0.25, 0.3) is 17.5 Å². The molecule has 0 aliphatic carbocycles. The third-order valence-electron chi connectivity index (χ3n) is 2.77. The fourth-order valence-corrected chi connectivity index (χ4v) is 1.61. The molecule has 0 bridgehead atoms. The van der Waals surface area contributed by atoms with Gasteiger partial charge in [-0.15, -0.1) is 0 Å². The maximum Gasteiger partial charge on any atom is 0.287 e. The zero-order valence-corrected chi connectivity index (χ0v) is 11.5. The number of amides is 2. The topological polar surface area (TPSA) is 111 Å². The van der Waals surface area contributed by atoms with Crippen LogP contribution in [-0.2, 0) is 0 Å². The van der Waals surface area contributed by atoms with Crippen molar-refractivity contribution in [1.29, 1.82) is 0 Å². The van der Waals surface area contributed by atoms with E-state index in [-0.39, 0.29) is 16.9 Å². The van der Waals surface area contributed by atoms with E-state index in [1.54, 1.807) is 12.1 Å². The van der Waals surface area contributed by atoms with E-state index in [9.17, 15) is 19.7 Å². The second-order valence-electron chi connectivity index (χ2n) is 4.17. The van der Waals surface area contributed by atoms with E-state index in [2.05, 4.69) is 10.3 Å². The Morgan fingerprint density at radius 3 is 2.32 bits per heavy atom. The van der Waals surface area contributed by atoms with E-state index in [1.807, 2.05) is 0 Å². The molecule has 2 rings (SSSR count). The molecule has 1 N–H and O–H groups in total. The molecule has 2 amide bonds. The fourth-order valence-electron chi connectivity index (χ4n) is 1.61. The molecule has 0 aliphatic rings. The summed E-state index contributed by atoms with van der Waals surface area (Å²) in [4.78, 5) is 37.3. The summed E-state index contributed by atoms with van der Waals surface area (Å²) in [5, 5.41) is 12.6. The summed E-state index contributed by atoms with van der Waals surface area (Å²) in [5.74, 6) is -0.761. The monoisotopic (exact) mass is 301 g/mol. The molecule has 2 aromatic rings. The van der Waals surface area contributed by atoms with Gasteiger partial charge < -0.3 is 4.74 Å². The van der Waals surface area contributed by atoms with Gasteiger partial charge in [-0.2, -0.15) is 0 Å². The molecule has 8 heteroatoms. The van der Waals surface area contributed by atoms with Gasteiger partial charge in [0.05, 0.1) is 12.0 Å². The summed E-state index contributed by atoms with van der Waals surface area (Å²) >= 11 is 0. The molecular formula is C14H11N3O5. The van der Waals surface area contributed by atoms with Gasteiger partial charge in [-0.1, -0.05) is 0 Å². The van der Waals surface area contributed by atoms with Crippen LogP contribution in [0.5, 0.6) is 5.75 Å². The minimum Gasteiger partial charge on any atom is -0.497 e. The highest BCUT2D eigenvalue weighted by Crippen LogP contribution is 2.12. The SMILES string of the molecule is COc1ccc(C(=O)NC(=O)c2ccc([N+](=O)[O-])cn2)cc1. The van der Waals surface area contributed by atoms with E-state index in [0.717, 1.165) is 12.3 Å². The van der Waals surface area contributed by atoms with Gasteiger partial charge in [0.2, 0.25) is 0 Å². The minimum absolute atomic E-state index is 0.0903. The number of methoxy groups -OCH3 is 1. The molecule has 1 heterocycles. The molecule has 1 aromatic carbocycles. The fraction of sp³-hybridized carbons (Fsp3) is 0.0714. The number of hydrogen-bond donors (Lipinski definition) is 1. The van der Waals surface area contributed by atoms with E-state index in [4.69, 9.17) is 4.74 Å². The van der Waals surface area contributed by atoms with Crippen LogP contribution in [0.4, 0.5) is 5.69 Å². The third-order valence-corrected chi connectivity index (χ3v) is 2.77. The average Bonchev–Trinajstić information content (AvgIpc) is 2.54. The molecule has 22 heavy (non-hydrogen) atoms. The number of nitrogens with one attached hydrogen (secondary N) is 1. The standard InChI is InChI=1S/C14H11N3O5/c1-22-11-5-2-9(3-6-11)13(18)16-14(19)12-7-4-10(8-15-12)17(20)21/h2-8H,1H3,(H,16,18,19). The highest BCUT2D eigenvalue weighted by Gasteiger charge is 2.15. The van der Waals surface area contributed by atoms with Gasteiger partial charge in [0.1, 0.15) is 17.6 Å². The first kappa shape index (κ1) is 15.1. The Labute approximate surface area is 124 Å². The smallest absolute Gasteiger partial charge is 0.287 e. The van der Waals surface area contributed by atoms with Crippen molar-refractivity contribution in [2.24, 2.45) is 0 Å². The maximum atomic E-state index is 11.9. The summed E-state index contributed by atoms with van der Waals surface area (Å²) in [6.45, 7) is 0. The molecule has 0 atom stereocenters. The van der Waals surface area contributed by atoms with E-state index in [0.29, 0.717) is 5.75 Å². The first-order valence-electron chi connectivity index (χ1n) is 6.11. The molecule has 0 saturated carbocycles. The third kappa shape index (κ3) is 3.42. The van der Waals surface area contributed by atoms with Gasteiger partial charge in [-0.25, -0.2) is 4.98 Å². The lowest BCUT2D eigenvalue weighted by Crippen LogP contribution is -2.31. The van der Waals surface area contributed by atoms with Crippen molar-refractivity contribution in [3.63, 3.8) is 0 Å². The van der Waals surface area contributed by atoms with Crippen molar-refractivity contribution in [2.45, 2.75) is 0 Å². The van der Waals surface area contributed by atoms with Crippen molar-refractivity contribution in [3.05, 3.63) is 64.0 Å². The minimum atomic E-state index is -0.740. The van der Waals surface area contributed by atoms with Gasteiger partial charge in [-0.3, -0.25) is 25.0 Å². The summed E-state index contributed by atoms with van der Waals surface area (Å²) in [5.41, 5.74) is -0.0541. The molecule has 1 aromatic heterocycles. The Morgan fingerprint density at radius 2 is 1.82 bits per heavy atom. The van der Waals surface area contributed by atoms with Crippen LogP contribution in [0.1, 0.15) is 20.8 Å². The number of aromatic nitrogens is 1. The normalized spacial score (nSPS) is 9.86. The Bertz CT molecular complexity index is 710. The van der Waals surface area contributed by atoms with Crippen LogP contribution in [-0.4, -0.2) is 28.8 Å². The zero-order valence-electron chi connectivity index (χ0n) is 11.5. The predicted octanol–water partition coefficient (Wildman–Crippen LogP) is 1.57. The zero-order chi connectivity index (χ0) is 16.1. The number of benzene rings is 1. The number of rotatable bonds is 4. The van der Waals surface area contributed by atoms with Crippen molar-refractivity contribution < 1.29 is 19.2 Å². The largest absolute Gasteiger partial charge is 0.497 e. The second-order valence-corrected chi connectivity index (χ2v) is 4.17. The van der Waals surface area contributed by atoms with Gasteiger partial charge in [-0.05, 0) is 30.3 Å². The summed E-state index contributed by atoms with van der Waals surface area (Å²) in [6, 6.07) is 8.50. The number of pyridine rings is 1. The van der Waals surface area contributed by atoms with Crippen LogP contribution in [0.25, 0.3) is 0 Å². The van der Waals surface area contributed by atoms with Gasteiger partial charge >= 0.3 is 0 Å². The van der Waals surface area contributed by atoms with Crippen molar-refractivity contribution in [3.8, 4) is 5.75 Å². The van der Waals surface area contributed by atoms with E-state index >= 15 is 0 Å². The van der Waals surface area contributed by atoms with Crippen molar-refractivity contribution >= 4 is 17.5 Å². The lowest BCUT2D eigenvalue weighted by Gasteiger charge is -2.04. The second kappa shape index (κ2) is 6.44. The first-order chi connectivity index (χ1) is 10.5. The Balaban J connectivity index is 2.06. The van der Waals surface area contributed by atoms with E-state index < -0.39 is 16.7 Å². The number of imide groups is 1.